The molecule has 0 fully saturated rings. The highest BCUT2D eigenvalue weighted by molar-refractivity contribution is 6.36. The fourth-order valence-electron chi connectivity index (χ4n) is 1.45. The molecule has 2 atom stereocenters. The number of halogens is 3. The third-order valence-electron chi connectivity index (χ3n) is 2.26. The van der Waals surface area contributed by atoms with Crippen molar-refractivity contribution in [1.82, 2.24) is 5.32 Å². The molecule has 0 spiro atoms. The lowest BCUT2D eigenvalue weighted by molar-refractivity contribution is 0.541. The normalized spacial score (nSPS) is 14.2. The highest BCUT2D eigenvalue weighted by Crippen LogP contribution is 2.32. The van der Waals surface area contributed by atoms with Crippen molar-refractivity contribution in [2.45, 2.75) is 25.9 Å². The van der Waals surface area contributed by atoms with Crippen molar-refractivity contribution in [3.05, 3.63) is 33.6 Å². The highest BCUT2D eigenvalue weighted by atomic mass is 35.5. The summed E-state index contributed by atoms with van der Waals surface area (Å²) < 4.78 is 13.3. The van der Waals surface area contributed by atoms with Crippen molar-refractivity contribution in [2.24, 2.45) is 0 Å². The van der Waals surface area contributed by atoms with Crippen LogP contribution in [-0.2, 0) is 0 Å². The summed E-state index contributed by atoms with van der Waals surface area (Å²) in [6.45, 7) is 3.66. The molecule has 1 rings (SSSR count). The van der Waals surface area contributed by atoms with Gasteiger partial charge in [-0.2, -0.15) is 0 Å². The Kier molecular flexibility index (Phi) is 4.61. The number of nitrogens with one attached hydrogen (secondary N) is 1. The van der Waals surface area contributed by atoms with E-state index < -0.39 is 5.82 Å². The quantitative estimate of drug-likeness (QED) is 0.643. The summed E-state index contributed by atoms with van der Waals surface area (Å²) in [6, 6.07) is 2.38. The van der Waals surface area contributed by atoms with Gasteiger partial charge in [-0.25, -0.2) is 4.39 Å². The minimum Gasteiger partial charge on any atom is -0.297 e. The van der Waals surface area contributed by atoms with Gasteiger partial charge >= 0.3 is 0 Å². The summed E-state index contributed by atoms with van der Waals surface area (Å²) in [7, 11) is 0. The first-order valence-electron chi connectivity index (χ1n) is 4.83. The molecule has 1 N–H and O–H groups in total. The van der Waals surface area contributed by atoms with E-state index in [0.29, 0.717) is 10.6 Å². The van der Waals surface area contributed by atoms with Gasteiger partial charge in [0.1, 0.15) is 5.82 Å². The fraction of sp³-hybridized carbons (Fsp3) is 0.333. The maximum atomic E-state index is 13.3. The van der Waals surface area contributed by atoms with Crippen LogP contribution in [0.25, 0.3) is 0 Å². The van der Waals surface area contributed by atoms with Gasteiger partial charge in [0, 0.05) is 16.6 Å². The molecule has 0 aliphatic heterocycles. The van der Waals surface area contributed by atoms with E-state index in [0.717, 1.165) is 0 Å². The first kappa shape index (κ1) is 13.3. The van der Waals surface area contributed by atoms with Gasteiger partial charge in [-0.1, -0.05) is 29.1 Å². The summed E-state index contributed by atoms with van der Waals surface area (Å²) in [5.74, 6) is 2.04. The summed E-state index contributed by atoms with van der Waals surface area (Å²) in [4.78, 5) is 0. The van der Waals surface area contributed by atoms with Gasteiger partial charge in [-0.15, -0.1) is 6.42 Å². The van der Waals surface area contributed by atoms with Gasteiger partial charge in [0.05, 0.1) is 11.1 Å². The third kappa shape index (κ3) is 2.89. The highest BCUT2D eigenvalue weighted by Gasteiger charge is 2.17. The molecule has 2 unspecified atom stereocenters. The monoisotopic (exact) mass is 259 g/mol. The molecule has 86 valence electrons. The van der Waals surface area contributed by atoms with E-state index in [1.165, 1.54) is 12.1 Å². The average molecular weight is 260 g/mol. The van der Waals surface area contributed by atoms with Crippen LogP contribution in [0.3, 0.4) is 0 Å². The predicted octanol–water partition coefficient (Wildman–Crippen LogP) is 3.80. The van der Waals surface area contributed by atoms with Crippen molar-refractivity contribution >= 4 is 23.2 Å². The number of hydrogen-bond donors (Lipinski definition) is 1. The van der Waals surface area contributed by atoms with E-state index in [4.69, 9.17) is 29.6 Å². The predicted molar refractivity (Wildman–Crippen MR) is 66.3 cm³/mol. The Labute approximate surface area is 105 Å². The SMILES string of the molecule is C#CC(C)NC(C)c1c(Cl)ccc(F)c1Cl. The third-order valence-corrected chi connectivity index (χ3v) is 2.98. The number of hydrogen-bond acceptors (Lipinski definition) is 1. The topological polar surface area (TPSA) is 12.0 Å². The van der Waals surface area contributed by atoms with E-state index in [2.05, 4.69) is 11.2 Å². The van der Waals surface area contributed by atoms with Crippen molar-refractivity contribution in [3.63, 3.8) is 0 Å². The van der Waals surface area contributed by atoms with E-state index >= 15 is 0 Å². The van der Waals surface area contributed by atoms with Crippen LogP contribution in [0.5, 0.6) is 0 Å². The molecule has 1 nitrogen and oxygen atoms in total. The molecule has 4 heteroatoms. The molecule has 16 heavy (non-hydrogen) atoms. The molecule has 0 aliphatic carbocycles. The molecular weight excluding hydrogens is 248 g/mol. The standard InChI is InChI=1S/C12H12Cl2FN/c1-4-7(2)16-8(3)11-9(13)5-6-10(15)12(11)14/h1,5-8,16H,2-3H3. The lowest BCUT2D eigenvalue weighted by Gasteiger charge is -2.19. The zero-order valence-corrected chi connectivity index (χ0v) is 10.5. The number of benzene rings is 1. The smallest absolute Gasteiger partial charge is 0.142 e. The van der Waals surface area contributed by atoms with Crippen LogP contribution in [0.2, 0.25) is 10.0 Å². The maximum absolute atomic E-state index is 13.3. The van der Waals surface area contributed by atoms with Crippen LogP contribution in [0.4, 0.5) is 4.39 Å². The van der Waals surface area contributed by atoms with Gasteiger partial charge < -0.3 is 0 Å². The van der Waals surface area contributed by atoms with Gasteiger partial charge in [0.25, 0.3) is 0 Å². The summed E-state index contributed by atoms with van der Waals surface area (Å²) in [6.07, 6.45) is 5.25. The van der Waals surface area contributed by atoms with Gasteiger partial charge in [0.2, 0.25) is 0 Å². The van der Waals surface area contributed by atoms with E-state index in [1.54, 1.807) is 0 Å². The Balaban J connectivity index is 3.04. The van der Waals surface area contributed by atoms with Crippen LogP contribution in [-0.4, -0.2) is 6.04 Å². The van der Waals surface area contributed by atoms with E-state index in [1.807, 2.05) is 13.8 Å². The summed E-state index contributed by atoms with van der Waals surface area (Å²) in [5.41, 5.74) is 0.533. The molecule has 0 aliphatic rings. The number of terminal acetylenes is 1. The first-order chi connectivity index (χ1) is 7.47. The zero-order chi connectivity index (χ0) is 12.3. The lowest BCUT2D eigenvalue weighted by Crippen LogP contribution is -2.27. The Morgan fingerprint density at radius 3 is 2.56 bits per heavy atom. The Morgan fingerprint density at radius 2 is 2.00 bits per heavy atom. The van der Waals surface area contributed by atoms with Crippen molar-refractivity contribution in [2.75, 3.05) is 0 Å². The van der Waals surface area contributed by atoms with Crippen LogP contribution in [0.1, 0.15) is 25.5 Å². The molecule has 0 aromatic heterocycles. The molecule has 0 bridgehead atoms. The average Bonchev–Trinajstić information content (AvgIpc) is 2.24. The first-order valence-corrected chi connectivity index (χ1v) is 5.58. The minimum atomic E-state index is -0.483. The van der Waals surface area contributed by atoms with Gasteiger partial charge in [0.15, 0.2) is 0 Å². The number of rotatable bonds is 3. The van der Waals surface area contributed by atoms with Crippen LogP contribution in [0, 0.1) is 18.2 Å². The largest absolute Gasteiger partial charge is 0.297 e. The molecule has 0 saturated heterocycles. The van der Waals surface area contributed by atoms with Gasteiger partial charge in [-0.05, 0) is 26.0 Å². The minimum absolute atomic E-state index is 0.0386. The second-order valence-electron chi connectivity index (χ2n) is 3.53. The second kappa shape index (κ2) is 5.54. The summed E-state index contributed by atoms with van der Waals surface area (Å²) >= 11 is 11.8. The molecule has 0 amide bonds. The van der Waals surface area contributed by atoms with Crippen LogP contribution >= 0.6 is 23.2 Å². The van der Waals surface area contributed by atoms with E-state index in [9.17, 15) is 4.39 Å². The molecule has 0 saturated carbocycles. The molecule has 0 radical (unpaired) electrons. The lowest BCUT2D eigenvalue weighted by atomic mass is 10.1. The van der Waals surface area contributed by atoms with Crippen molar-refractivity contribution < 1.29 is 4.39 Å². The van der Waals surface area contributed by atoms with Crippen LogP contribution < -0.4 is 5.32 Å². The van der Waals surface area contributed by atoms with E-state index in [-0.39, 0.29) is 17.1 Å². The summed E-state index contributed by atoms with van der Waals surface area (Å²) in [5, 5.41) is 3.55. The Bertz CT molecular complexity index is 426. The fourth-order valence-corrected chi connectivity index (χ4v) is 2.14. The molecule has 0 heterocycles. The van der Waals surface area contributed by atoms with Gasteiger partial charge in [-0.3, -0.25) is 5.32 Å². The molecule has 1 aromatic rings. The van der Waals surface area contributed by atoms with Crippen LogP contribution in [0.15, 0.2) is 12.1 Å². The van der Waals surface area contributed by atoms with Crippen molar-refractivity contribution in [3.8, 4) is 12.3 Å². The Hall–Kier alpha value is -0.750. The molecule has 1 aromatic carbocycles. The zero-order valence-electron chi connectivity index (χ0n) is 9.02. The Morgan fingerprint density at radius 1 is 1.38 bits per heavy atom. The second-order valence-corrected chi connectivity index (χ2v) is 4.32. The van der Waals surface area contributed by atoms with Crippen molar-refractivity contribution in [1.29, 1.82) is 0 Å². The maximum Gasteiger partial charge on any atom is 0.142 e. The molecular formula is C12H12Cl2FN.